The molecule has 57 heavy (non-hydrogen) atoms. The standard InChI is InChI=1S/C47H81N3O7/c1-32(2)15-12-16-33(3)37-19-20-38-36-18-17-34-31-35(23-25-46(34,10)39(36)24-26-47(37,38)11)55-41(52)22-21-40(51)50(29-13-27-48-42(53)56-44(4,5)6)30-14-28-49-43(54)57-45(7,8)9/h17,32-33,35-39H,12-16,18-31H2,1-11H3,(H,48,53)(H,49,54)/t33-,35+,36+,37-,38+,39+,46+,47-/m1/s1. The van der Waals surface area contributed by atoms with E-state index in [1.807, 2.05) is 41.5 Å². The second-order valence-electron chi connectivity index (χ2n) is 21.1. The zero-order valence-electron chi connectivity index (χ0n) is 37.9. The van der Waals surface area contributed by atoms with Crippen LogP contribution in [0, 0.1) is 46.3 Å². The highest BCUT2D eigenvalue weighted by Gasteiger charge is 2.59. The Morgan fingerprint density at radius 2 is 1.40 bits per heavy atom. The smallest absolute Gasteiger partial charge is 0.407 e. The van der Waals surface area contributed by atoms with Crippen molar-refractivity contribution in [3.63, 3.8) is 0 Å². The van der Waals surface area contributed by atoms with Crippen LogP contribution in [0.5, 0.6) is 0 Å². The van der Waals surface area contributed by atoms with Gasteiger partial charge in [-0.05, 0) is 146 Å². The predicted octanol–water partition coefficient (Wildman–Crippen LogP) is 10.4. The Bertz CT molecular complexity index is 1360. The fourth-order valence-corrected chi connectivity index (χ4v) is 11.3. The van der Waals surface area contributed by atoms with E-state index in [-0.39, 0.29) is 36.2 Å². The number of nitrogens with one attached hydrogen (secondary N) is 2. The Kier molecular flexibility index (Phi) is 16.4. The van der Waals surface area contributed by atoms with Crippen LogP contribution >= 0.6 is 0 Å². The summed E-state index contributed by atoms with van der Waals surface area (Å²) in [5.41, 5.74) is 0.946. The molecule has 0 bridgehead atoms. The van der Waals surface area contributed by atoms with Gasteiger partial charge in [-0.1, -0.05) is 65.5 Å². The molecule has 4 rings (SSSR count). The van der Waals surface area contributed by atoms with E-state index in [1.165, 1.54) is 50.5 Å². The highest BCUT2D eigenvalue weighted by molar-refractivity contribution is 5.81. The molecular formula is C47H81N3O7. The molecule has 0 spiro atoms. The summed E-state index contributed by atoms with van der Waals surface area (Å²) in [6.45, 7) is 24.7. The lowest BCUT2D eigenvalue weighted by molar-refractivity contribution is -0.153. The van der Waals surface area contributed by atoms with Gasteiger partial charge >= 0.3 is 18.2 Å². The van der Waals surface area contributed by atoms with Crippen LogP contribution in [0.15, 0.2) is 11.6 Å². The van der Waals surface area contributed by atoms with Crippen molar-refractivity contribution in [1.29, 1.82) is 0 Å². The number of alkyl carbamates (subject to hydrolysis) is 2. The van der Waals surface area contributed by atoms with Crippen LogP contribution in [-0.4, -0.2) is 72.4 Å². The first-order valence-corrected chi connectivity index (χ1v) is 22.7. The number of carbonyl (C=O) groups excluding carboxylic acids is 4. The summed E-state index contributed by atoms with van der Waals surface area (Å²) in [6.07, 6.45) is 15.9. The van der Waals surface area contributed by atoms with Gasteiger partial charge in [0.1, 0.15) is 17.3 Å². The second-order valence-corrected chi connectivity index (χ2v) is 21.1. The maximum Gasteiger partial charge on any atom is 0.407 e. The largest absolute Gasteiger partial charge is 0.462 e. The van der Waals surface area contributed by atoms with Crippen molar-refractivity contribution in [2.75, 3.05) is 26.2 Å². The van der Waals surface area contributed by atoms with Gasteiger partial charge in [-0.3, -0.25) is 9.59 Å². The number of carbonyl (C=O) groups is 4. The topological polar surface area (TPSA) is 123 Å². The van der Waals surface area contributed by atoms with Gasteiger partial charge < -0.3 is 29.7 Å². The summed E-state index contributed by atoms with van der Waals surface area (Å²) in [6, 6.07) is 0. The number of rotatable bonds is 17. The zero-order valence-corrected chi connectivity index (χ0v) is 37.9. The fourth-order valence-electron chi connectivity index (χ4n) is 11.3. The number of nitrogens with zero attached hydrogens (tertiary/aromatic N) is 1. The highest BCUT2D eigenvalue weighted by atomic mass is 16.6. The van der Waals surface area contributed by atoms with Crippen LogP contribution < -0.4 is 10.6 Å². The van der Waals surface area contributed by atoms with Crippen molar-refractivity contribution in [3.05, 3.63) is 11.6 Å². The van der Waals surface area contributed by atoms with Crippen LogP contribution in [-0.2, 0) is 23.8 Å². The zero-order chi connectivity index (χ0) is 42.2. The monoisotopic (exact) mass is 800 g/mol. The molecule has 10 nitrogen and oxygen atoms in total. The third-order valence-electron chi connectivity index (χ3n) is 14.0. The van der Waals surface area contributed by atoms with Crippen molar-refractivity contribution in [3.8, 4) is 0 Å². The molecule has 0 heterocycles. The first-order valence-electron chi connectivity index (χ1n) is 22.7. The van der Waals surface area contributed by atoms with Crippen LogP contribution in [0.2, 0.25) is 0 Å². The van der Waals surface area contributed by atoms with E-state index in [4.69, 9.17) is 14.2 Å². The van der Waals surface area contributed by atoms with Crippen molar-refractivity contribution < 1.29 is 33.4 Å². The molecule has 4 aliphatic rings. The quantitative estimate of drug-likeness (QED) is 0.0650. The minimum atomic E-state index is -0.599. The molecule has 0 saturated heterocycles. The lowest BCUT2D eigenvalue weighted by Crippen LogP contribution is -2.51. The average molecular weight is 800 g/mol. The first kappa shape index (κ1) is 46.9. The summed E-state index contributed by atoms with van der Waals surface area (Å²) >= 11 is 0. The van der Waals surface area contributed by atoms with Crippen LogP contribution in [0.4, 0.5) is 9.59 Å². The van der Waals surface area contributed by atoms with Crippen LogP contribution in [0.1, 0.15) is 172 Å². The van der Waals surface area contributed by atoms with E-state index in [1.54, 1.807) is 4.90 Å². The SMILES string of the molecule is CC(C)CCC[C@@H](C)[C@H]1CC[C@H]2[C@@H]3CC=C4C[C@@H](OC(=O)CCC(=O)N(CCCNC(=O)OC(C)(C)C)CCCNC(=O)OC(C)(C)C)CC[C@]4(C)[C@H]3CC[C@]12C. The number of hydrogen-bond donors (Lipinski definition) is 2. The molecule has 8 atom stereocenters. The van der Waals surface area contributed by atoms with Crippen molar-refractivity contribution in [2.45, 2.75) is 190 Å². The van der Waals surface area contributed by atoms with Gasteiger partial charge in [0.15, 0.2) is 0 Å². The van der Waals surface area contributed by atoms with E-state index in [0.717, 1.165) is 55.3 Å². The molecule has 0 radical (unpaired) electrons. The Hall–Kier alpha value is -2.78. The van der Waals surface area contributed by atoms with E-state index in [9.17, 15) is 19.2 Å². The van der Waals surface area contributed by atoms with Gasteiger partial charge in [-0.25, -0.2) is 9.59 Å². The minimum Gasteiger partial charge on any atom is -0.462 e. The Balaban J connectivity index is 1.27. The van der Waals surface area contributed by atoms with E-state index in [2.05, 4.69) is 51.3 Å². The summed E-state index contributed by atoms with van der Waals surface area (Å²) in [5.74, 6) is 4.28. The molecule has 3 fully saturated rings. The maximum atomic E-state index is 13.4. The van der Waals surface area contributed by atoms with Crippen LogP contribution in [0.25, 0.3) is 0 Å². The summed E-state index contributed by atoms with van der Waals surface area (Å²) in [5, 5.41) is 5.49. The van der Waals surface area contributed by atoms with E-state index >= 15 is 0 Å². The Morgan fingerprint density at radius 1 is 0.789 bits per heavy atom. The van der Waals surface area contributed by atoms with Gasteiger partial charge in [0.25, 0.3) is 0 Å². The first-order chi connectivity index (χ1) is 26.6. The third kappa shape index (κ3) is 13.4. The van der Waals surface area contributed by atoms with Crippen molar-refractivity contribution >= 4 is 24.1 Å². The number of ether oxygens (including phenoxy) is 3. The molecule has 10 heteroatoms. The molecule has 0 aliphatic heterocycles. The fraction of sp³-hybridized carbons (Fsp3) is 0.872. The Morgan fingerprint density at radius 3 is 1.98 bits per heavy atom. The lowest BCUT2D eigenvalue weighted by atomic mass is 9.47. The van der Waals surface area contributed by atoms with Crippen molar-refractivity contribution in [2.24, 2.45) is 46.3 Å². The summed E-state index contributed by atoms with van der Waals surface area (Å²) in [7, 11) is 0. The van der Waals surface area contributed by atoms with Gasteiger partial charge in [0.05, 0.1) is 6.42 Å². The van der Waals surface area contributed by atoms with Crippen LogP contribution in [0.3, 0.4) is 0 Å². The number of hydrogen-bond acceptors (Lipinski definition) is 7. The molecule has 3 saturated carbocycles. The number of amides is 3. The summed E-state index contributed by atoms with van der Waals surface area (Å²) in [4.78, 5) is 52.6. The molecule has 0 aromatic carbocycles. The lowest BCUT2D eigenvalue weighted by Gasteiger charge is -2.58. The van der Waals surface area contributed by atoms with Gasteiger partial charge in [0.2, 0.25) is 5.91 Å². The minimum absolute atomic E-state index is 0.0243. The number of fused-ring (bicyclic) bond motifs is 5. The third-order valence-corrected chi connectivity index (χ3v) is 14.0. The Labute approximate surface area is 346 Å². The maximum absolute atomic E-state index is 13.4. The van der Waals surface area contributed by atoms with E-state index in [0.29, 0.717) is 50.4 Å². The molecule has 2 N–H and O–H groups in total. The van der Waals surface area contributed by atoms with Gasteiger partial charge in [-0.2, -0.15) is 0 Å². The molecule has 0 unspecified atom stereocenters. The van der Waals surface area contributed by atoms with Crippen molar-refractivity contribution in [1.82, 2.24) is 15.5 Å². The second kappa shape index (κ2) is 20.0. The highest BCUT2D eigenvalue weighted by Crippen LogP contribution is 2.67. The number of allylic oxidation sites excluding steroid dienone is 1. The molecule has 0 aromatic rings. The van der Waals surface area contributed by atoms with Gasteiger partial charge in [-0.15, -0.1) is 0 Å². The average Bonchev–Trinajstić information content (AvgIpc) is 3.45. The van der Waals surface area contributed by atoms with E-state index < -0.39 is 23.4 Å². The summed E-state index contributed by atoms with van der Waals surface area (Å²) < 4.78 is 16.7. The molecule has 4 aliphatic carbocycles. The predicted molar refractivity (Wildman–Crippen MR) is 226 cm³/mol. The normalized spacial score (nSPS) is 28.9. The molecule has 3 amide bonds. The molecular weight excluding hydrogens is 719 g/mol. The number of esters is 1. The molecule has 0 aromatic heterocycles. The molecule has 326 valence electrons. The van der Waals surface area contributed by atoms with Gasteiger partial charge in [0, 0.05) is 39.0 Å².